The number of hydrogen-bond donors (Lipinski definition) is 1. The molecule has 0 spiro atoms. The van der Waals surface area contributed by atoms with Crippen LogP contribution in [0.5, 0.6) is 5.75 Å². The summed E-state index contributed by atoms with van der Waals surface area (Å²) in [5.41, 5.74) is 4.58. The average molecular weight is 239 g/mol. The van der Waals surface area contributed by atoms with Crippen molar-refractivity contribution in [1.82, 2.24) is 5.48 Å². The van der Waals surface area contributed by atoms with E-state index in [0.29, 0.717) is 0 Å². The molecule has 3 nitrogen and oxygen atoms in total. The molecule has 1 aromatic rings. The number of fused-ring (bicyclic) bond motifs is 1. The Labute approximate surface area is 101 Å². The first-order valence-electron chi connectivity index (χ1n) is 5.92. The number of rotatable bonds is 4. The van der Waals surface area contributed by atoms with Gasteiger partial charge in [-0.3, -0.25) is 0 Å². The largest absolute Gasteiger partial charge is 0.488 e. The van der Waals surface area contributed by atoms with Crippen LogP contribution in [0.1, 0.15) is 36.9 Å². The predicted octanol–water partition coefficient (Wildman–Crippen LogP) is 2.89. The van der Waals surface area contributed by atoms with Gasteiger partial charge in [0.1, 0.15) is 17.7 Å². The molecule has 1 heterocycles. The summed E-state index contributed by atoms with van der Waals surface area (Å²) in [6.07, 6.45) is 1.94. The van der Waals surface area contributed by atoms with E-state index in [9.17, 15) is 4.39 Å². The molecule has 1 aliphatic rings. The molecule has 1 N–H and O–H groups in total. The number of ether oxygens (including phenoxy) is 1. The number of aryl methyl sites for hydroxylation is 1. The van der Waals surface area contributed by atoms with Crippen LogP contribution >= 0.6 is 0 Å². The van der Waals surface area contributed by atoms with Crippen LogP contribution in [0.25, 0.3) is 0 Å². The maximum Gasteiger partial charge on any atom is 0.127 e. The van der Waals surface area contributed by atoms with Gasteiger partial charge in [-0.05, 0) is 31.0 Å². The summed E-state index contributed by atoms with van der Waals surface area (Å²) in [5, 5.41) is 0. The molecular weight excluding hydrogens is 221 g/mol. The lowest BCUT2D eigenvalue weighted by Gasteiger charge is -2.18. The van der Waals surface area contributed by atoms with Gasteiger partial charge in [0, 0.05) is 5.56 Å². The Morgan fingerprint density at radius 3 is 2.88 bits per heavy atom. The predicted molar refractivity (Wildman–Crippen MR) is 63.3 cm³/mol. The molecule has 0 fully saturated rings. The fourth-order valence-electron chi connectivity index (χ4n) is 2.34. The normalized spacial score (nSPS) is 22.4. The third-order valence-corrected chi connectivity index (χ3v) is 3.06. The lowest BCUT2D eigenvalue weighted by atomic mass is 10.00. The smallest absolute Gasteiger partial charge is 0.127 e. The molecule has 0 amide bonds. The van der Waals surface area contributed by atoms with Crippen LogP contribution in [0.2, 0.25) is 0 Å². The highest BCUT2D eigenvalue weighted by Crippen LogP contribution is 2.41. The van der Waals surface area contributed by atoms with E-state index in [2.05, 4.69) is 12.4 Å². The van der Waals surface area contributed by atoms with Crippen molar-refractivity contribution in [3.05, 3.63) is 29.1 Å². The molecule has 2 unspecified atom stereocenters. The van der Waals surface area contributed by atoms with E-state index in [0.717, 1.165) is 29.7 Å². The van der Waals surface area contributed by atoms with Gasteiger partial charge in [-0.15, -0.1) is 0 Å². The van der Waals surface area contributed by atoms with Crippen molar-refractivity contribution in [2.45, 2.75) is 38.8 Å². The van der Waals surface area contributed by atoms with E-state index in [-0.39, 0.29) is 18.0 Å². The Bertz CT molecular complexity index is 409. The van der Waals surface area contributed by atoms with Crippen molar-refractivity contribution in [3.8, 4) is 5.75 Å². The van der Waals surface area contributed by atoms with Crippen molar-refractivity contribution in [1.29, 1.82) is 0 Å². The molecule has 94 valence electrons. The summed E-state index contributed by atoms with van der Waals surface area (Å²) in [5.74, 6) is 0.560. The van der Waals surface area contributed by atoms with Gasteiger partial charge in [0.05, 0.1) is 13.2 Å². The van der Waals surface area contributed by atoms with E-state index in [1.807, 2.05) is 6.92 Å². The second-order valence-corrected chi connectivity index (χ2v) is 4.39. The number of hydrogen-bond acceptors (Lipinski definition) is 3. The highest BCUT2D eigenvalue weighted by Gasteiger charge is 2.35. The summed E-state index contributed by atoms with van der Waals surface area (Å²) in [7, 11) is 1.56. The molecule has 0 aliphatic carbocycles. The summed E-state index contributed by atoms with van der Waals surface area (Å²) in [6.45, 7) is 3.96. The van der Waals surface area contributed by atoms with Gasteiger partial charge in [0.25, 0.3) is 0 Å². The SMILES string of the molecule is CCCC1Oc2c(C)cc(F)cc2C1NOC. The standard InChI is InChI=1S/C13H18FNO2/c1-4-5-11-12(15-16-3)10-7-9(14)6-8(2)13(10)17-11/h6-7,11-12,15H,4-5H2,1-3H3. The van der Waals surface area contributed by atoms with Gasteiger partial charge in [0.2, 0.25) is 0 Å². The summed E-state index contributed by atoms with van der Waals surface area (Å²) in [4.78, 5) is 4.99. The van der Waals surface area contributed by atoms with Crippen molar-refractivity contribution < 1.29 is 14.0 Å². The Morgan fingerprint density at radius 1 is 1.47 bits per heavy atom. The first-order valence-corrected chi connectivity index (χ1v) is 5.92. The number of benzene rings is 1. The highest BCUT2D eigenvalue weighted by atomic mass is 19.1. The highest BCUT2D eigenvalue weighted by molar-refractivity contribution is 5.46. The lowest BCUT2D eigenvalue weighted by molar-refractivity contribution is 0.0268. The molecule has 1 aliphatic heterocycles. The Balaban J connectivity index is 2.35. The van der Waals surface area contributed by atoms with Crippen LogP contribution in [0.4, 0.5) is 4.39 Å². The monoisotopic (exact) mass is 239 g/mol. The summed E-state index contributed by atoms with van der Waals surface area (Å²) >= 11 is 0. The molecule has 4 heteroatoms. The number of nitrogens with one attached hydrogen (secondary N) is 1. The van der Waals surface area contributed by atoms with Crippen LogP contribution in [-0.2, 0) is 4.84 Å². The summed E-state index contributed by atoms with van der Waals surface area (Å²) < 4.78 is 19.3. The molecular formula is C13H18FNO2. The maximum atomic E-state index is 13.4. The molecule has 0 saturated heterocycles. The van der Waals surface area contributed by atoms with Crippen LogP contribution in [0, 0.1) is 12.7 Å². The van der Waals surface area contributed by atoms with Crippen LogP contribution < -0.4 is 10.2 Å². The van der Waals surface area contributed by atoms with E-state index in [4.69, 9.17) is 9.57 Å². The number of hydroxylamine groups is 1. The van der Waals surface area contributed by atoms with E-state index < -0.39 is 0 Å². The zero-order chi connectivity index (χ0) is 12.4. The Hall–Kier alpha value is -1.13. The molecule has 0 aromatic heterocycles. The molecule has 0 bridgehead atoms. The van der Waals surface area contributed by atoms with Gasteiger partial charge in [-0.2, -0.15) is 5.48 Å². The zero-order valence-electron chi connectivity index (χ0n) is 10.4. The van der Waals surface area contributed by atoms with E-state index in [1.165, 1.54) is 12.1 Å². The van der Waals surface area contributed by atoms with Crippen LogP contribution in [-0.4, -0.2) is 13.2 Å². The van der Waals surface area contributed by atoms with Gasteiger partial charge < -0.3 is 9.57 Å². The number of halogens is 1. The Kier molecular flexibility index (Phi) is 3.64. The minimum Gasteiger partial charge on any atom is -0.488 e. The van der Waals surface area contributed by atoms with Gasteiger partial charge in [-0.1, -0.05) is 13.3 Å². The van der Waals surface area contributed by atoms with Crippen LogP contribution in [0.3, 0.4) is 0 Å². The fourth-order valence-corrected chi connectivity index (χ4v) is 2.34. The first kappa shape index (κ1) is 12.3. The third-order valence-electron chi connectivity index (χ3n) is 3.06. The van der Waals surface area contributed by atoms with Crippen molar-refractivity contribution >= 4 is 0 Å². The van der Waals surface area contributed by atoms with Crippen molar-refractivity contribution in [2.24, 2.45) is 0 Å². The minimum atomic E-state index is -0.232. The van der Waals surface area contributed by atoms with Gasteiger partial charge >= 0.3 is 0 Å². The quantitative estimate of drug-likeness (QED) is 0.819. The molecule has 1 aromatic carbocycles. The molecule has 0 radical (unpaired) electrons. The van der Waals surface area contributed by atoms with Gasteiger partial charge in [-0.25, -0.2) is 4.39 Å². The Morgan fingerprint density at radius 2 is 2.24 bits per heavy atom. The third kappa shape index (κ3) is 2.28. The van der Waals surface area contributed by atoms with Crippen molar-refractivity contribution in [2.75, 3.05) is 7.11 Å². The minimum absolute atomic E-state index is 0.00968. The molecule has 17 heavy (non-hydrogen) atoms. The summed E-state index contributed by atoms with van der Waals surface area (Å²) in [6, 6.07) is 2.93. The fraction of sp³-hybridized carbons (Fsp3) is 0.538. The van der Waals surface area contributed by atoms with Crippen molar-refractivity contribution in [3.63, 3.8) is 0 Å². The zero-order valence-corrected chi connectivity index (χ0v) is 10.4. The second kappa shape index (κ2) is 5.02. The maximum absolute atomic E-state index is 13.4. The molecule has 2 rings (SSSR count). The van der Waals surface area contributed by atoms with Gasteiger partial charge in [0.15, 0.2) is 0 Å². The lowest BCUT2D eigenvalue weighted by Crippen LogP contribution is -2.30. The topological polar surface area (TPSA) is 30.5 Å². The average Bonchev–Trinajstić information content (AvgIpc) is 2.59. The molecule has 0 saturated carbocycles. The molecule has 2 atom stereocenters. The second-order valence-electron chi connectivity index (χ2n) is 4.39. The van der Waals surface area contributed by atoms with E-state index in [1.54, 1.807) is 7.11 Å². The first-order chi connectivity index (χ1) is 8.17. The van der Waals surface area contributed by atoms with E-state index >= 15 is 0 Å². The van der Waals surface area contributed by atoms with Crippen LogP contribution in [0.15, 0.2) is 12.1 Å².